The zero-order valence-electron chi connectivity index (χ0n) is 11.1. The Hall–Kier alpha value is -1.67. The van der Waals surface area contributed by atoms with Gasteiger partial charge in [-0.15, -0.1) is 11.3 Å². The average Bonchev–Trinajstić information content (AvgIpc) is 2.85. The van der Waals surface area contributed by atoms with E-state index in [1.807, 2.05) is 0 Å². The highest BCUT2D eigenvalue weighted by Crippen LogP contribution is 2.24. The molecule has 2 atom stereocenters. The van der Waals surface area contributed by atoms with E-state index >= 15 is 0 Å². The van der Waals surface area contributed by atoms with E-state index in [2.05, 4.69) is 10.1 Å². The number of ether oxygens (including phenoxy) is 1. The van der Waals surface area contributed by atoms with Crippen molar-refractivity contribution in [1.29, 1.82) is 0 Å². The van der Waals surface area contributed by atoms with Crippen LogP contribution in [0, 0.1) is 0 Å². The standard InChI is InChI=1S/C12H17N3O4S/c1-18-8-4-2-3-5-9(8)19-15-10(11(16)17)7-6-20-12(13)14-7/h6,8-9H,2-5H2,1H3,(H2,13,14)(H,16,17)/t8-,9-/m1/s1. The summed E-state index contributed by atoms with van der Waals surface area (Å²) in [6.07, 6.45) is 3.52. The van der Waals surface area contributed by atoms with Crippen molar-refractivity contribution < 1.29 is 19.5 Å². The number of carbonyl (C=O) groups is 1. The van der Waals surface area contributed by atoms with Crippen LogP contribution in [0.3, 0.4) is 0 Å². The molecule has 1 heterocycles. The Morgan fingerprint density at radius 1 is 1.50 bits per heavy atom. The van der Waals surface area contributed by atoms with Gasteiger partial charge in [0.1, 0.15) is 5.69 Å². The lowest BCUT2D eigenvalue weighted by molar-refractivity contribution is -0.129. The maximum atomic E-state index is 11.2. The highest BCUT2D eigenvalue weighted by Gasteiger charge is 2.27. The summed E-state index contributed by atoms with van der Waals surface area (Å²) in [5.41, 5.74) is 5.47. The maximum Gasteiger partial charge on any atom is 0.360 e. The Bertz CT molecular complexity index is 503. The van der Waals surface area contributed by atoms with Crippen molar-refractivity contribution in [1.82, 2.24) is 4.98 Å². The number of rotatable bonds is 5. The number of hydrogen-bond acceptors (Lipinski definition) is 7. The molecule has 0 spiro atoms. The quantitative estimate of drug-likeness (QED) is 0.630. The Labute approximate surface area is 120 Å². The zero-order valence-corrected chi connectivity index (χ0v) is 11.9. The van der Waals surface area contributed by atoms with Crippen LogP contribution in [0.1, 0.15) is 31.4 Å². The molecule has 0 unspecified atom stereocenters. The van der Waals surface area contributed by atoms with Crippen molar-refractivity contribution in [2.24, 2.45) is 5.16 Å². The van der Waals surface area contributed by atoms with Crippen molar-refractivity contribution >= 4 is 28.1 Å². The van der Waals surface area contributed by atoms with Gasteiger partial charge in [-0.2, -0.15) is 0 Å². The van der Waals surface area contributed by atoms with Crippen LogP contribution in [0.4, 0.5) is 5.13 Å². The molecule has 0 aliphatic heterocycles. The van der Waals surface area contributed by atoms with Crippen molar-refractivity contribution in [2.45, 2.75) is 37.9 Å². The van der Waals surface area contributed by atoms with Crippen LogP contribution in [-0.2, 0) is 14.4 Å². The second-order valence-electron chi connectivity index (χ2n) is 4.52. The third kappa shape index (κ3) is 3.45. The number of aromatic nitrogens is 1. The number of hydrogen-bond donors (Lipinski definition) is 2. The van der Waals surface area contributed by atoms with Gasteiger partial charge in [-0.05, 0) is 19.3 Å². The summed E-state index contributed by atoms with van der Waals surface area (Å²) < 4.78 is 5.33. The van der Waals surface area contributed by atoms with Gasteiger partial charge in [-0.25, -0.2) is 9.78 Å². The van der Waals surface area contributed by atoms with E-state index < -0.39 is 5.97 Å². The number of nitrogens with two attached hydrogens (primary N) is 1. The topological polar surface area (TPSA) is 107 Å². The smallest absolute Gasteiger partial charge is 0.360 e. The van der Waals surface area contributed by atoms with E-state index in [1.54, 1.807) is 12.5 Å². The molecule has 0 saturated heterocycles. The molecular formula is C12H17N3O4S. The molecule has 1 saturated carbocycles. The molecule has 0 amide bonds. The number of methoxy groups -OCH3 is 1. The molecule has 7 nitrogen and oxygen atoms in total. The Morgan fingerprint density at radius 2 is 2.20 bits per heavy atom. The zero-order chi connectivity index (χ0) is 14.5. The van der Waals surface area contributed by atoms with Crippen LogP contribution in [0.5, 0.6) is 0 Å². The normalized spacial score (nSPS) is 23.6. The van der Waals surface area contributed by atoms with Crippen molar-refractivity contribution in [3.8, 4) is 0 Å². The summed E-state index contributed by atoms with van der Waals surface area (Å²) in [6, 6.07) is 0. The van der Waals surface area contributed by atoms with Crippen molar-refractivity contribution in [3.63, 3.8) is 0 Å². The Kier molecular flexibility index (Phi) is 4.91. The van der Waals surface area contributed by atoms with Gasteiger partial charge in [0.15, 0.2) is 11.2 Å². The molecule has 20 heavy (non-hydrogen) atoms. The van der Waals surface area contributed by atoms with Gasteiger partial charge in [0, 0.05) is 12.5 Å². The third-order valence-corrected chi connectivity index (χ3v) is 3.87. The lowest BCUT2D eigenvalue weighted by Crippen LogP contribution is -2.33. The number of nitrogen functional groups attached to an aromatic ring is 1. The first kappa shape index (κ1) is 14.7. The number of oxime groups is 1. The molecular weight excluding hydrogens is 282 g/mol. The predicted octanol–water partition coefficient (Wildman–Crippen LogP) is 1.49. The lowest BCUT2D eigenvalue weighted by Gasteiger charge is -2.28. The monoisotopic (exact) mass is 299 g/mol. The SMILES string of the molecule is CO[C@@H]1CCCC[C@H]1ON=C(C(=O)O)c1csc(N)n1. The van der Waals surface area contributed by atoms with Gasteiger partial charge in [-0.1, -0.05) is 11.6 Å². The van der Waals surface area contributed by atoms with E-state index in [9.17, 15) is 9.90 Å². The van der Waals surface area contributed by atoms with Gasteiger partial charge in [0.2, 0.25) is 5.71 Å². The molecule has 0 bridgehead atoms. The van der Waals surface area contributed by atoms with Crippen LogP contribution in [0.15, 0.2) is 10.5 Å². The summed E-state index contributed by atoms with van der Waals surface area (Å²) in [6.45, 7) is 0. The van der Waals surface area contributed by atoms with Crippen molar-refractivity contribution in [2.75, 3.05) is 12.8 Å². The molecule has 3 N–H and O–H groups in total. The molecule has 0 aromatic carbocycles. The van der Waals surface area contributed by atoms with E-state index in [1.165, 1.54) is 0 Å². The lowest BCUT2D eigenvalue weighted by atomic mass is 9.95. The van der Waals surface area contributed by atoms with Crippen LogP contribution in [0.25, 0.3) is 0 Å². The van der Waals surface area contributed by atoms with Gasteiger partial charge in [0.05, 0.1) is 6.10 Å². The molecule has 0 radical (unpaired) electrons. The Morgan fingerprint density at radius 3 is 2.75 bits per heavy atom. The summed E-state index contributed by atoms with van der Waals surface area (Å²) in [4.78, 5) is 20.5. The second-order valence-corrected chi connectivity index (χ2v) is 5.41. The molecule has 1 aliphatic rings. The van der Waals surface area contributed by atoms with Crippen LogP contribution < -0.4 is 5.73 Å². The summed E-state index contributed by atoms with van der Waals surface area (Å²) in [5.74, 6) is -1.19. The van der Waals surface area contributed by atoms with E-state index in [0.29, 0.717) is 5.13 Å². The molecule has 8 heteroatoms. The highest BCUT2D eigenvalue weighted by atomic mass is 32.1. The third-order valence-electron chi connectivity index (χ3n) is 3.19. The van der Waals surface area contributed by atoms with Gasteiger partial charge >= 0.3 is 5.97 Å². The fourth-order valence-electron chi connectivity index (χ4n) is 2.17. The summed E-state index contributed by atoms with van der Waals surface area (Å²) in [5, 5.41) is 14.8. The highest BCUT2D eigenvalue weighted by molar-refractivity contribution is 7.13. The van der Waals surface area contributed by atoms with E-state index in [0.717, 1.165) is 37.0 Å². The van der Waals surface area contributed by atoms with Gasteiger partial charge in [-0.3, -0.25) is 0 Å². The first-order valence-corrected chi connectivity index (χ1v) is 7.21. The van der Waals surface area contributed by atoms with E-state index in [-0.39, 0.29) is 23.6 Å². The fraction of sp³-hybridized carbons (Fsp3) is 0.583. The van der Waals surface area contributed by atoms with Gasteiger partial charge in [0.25, 0.3) is 0 Å². The fourth-order valence-corrected chi connectivity index (χ4v) is 2.71. The maximum absolute atomic E-state index is 11.2. The largest absolute Gasteiger partial charge is 0.476 e. The molecule has 110 valence electrons. The summed E-state index contributed by atoms with van der Waals surface area (Å²) >= 11 is 1.16. The molecule has 1 aliphatic carbocycles. The number of aliphatic carboxylic acids is 1. The number of carboxylic acid groups (broad SMARTS) is 1. The molecule has 1 aromatic rings. The van der Waals surface area contributed by atoms with Gasteiger partial charge < -0.3 is 20.4 Å². The van der Waals surface area contributed by atoms with Crippen molar-refractivity contribution in [3.05, 3.63) is 11.1 Å². The number of anilines is 1. The summed E-state index contributed by atoms with van der Waals surface area (Å²) in [7, 11) is 1.62. The molecule has 1 aromatic heterocycles. The van der Waals surface area contributed by atoms with Crippen LogP contribution in [0.2, 0.25) is 0 Å². The first-order chi connectivity index (χ1) is 9.61. The van der Waals surface area contributed by atoms with Crippen LogP contribution >= 0.6 is 11.3 Å². The first-order valence-electron chi connectivity index (χ1n) is 6.33. The minimum Gasteiger partial charge on any atom is -0.476 e. The molecule has 2 rings (SSSR count). The molecule has 1 fully saturated rings. The number of thiazole rings is 1. The average molecular weight is 299 g/mol. The van der Waals surface area contributed by atoms with Crippen LogP contribution in [-0.4, -0.2) is 41.1 Å². The number of nitrogens with zero attached hydrogens (tertiary/aromatic N) is 2. The number of carboxylic acids is 1. The Balaban J connectivity index is 2.11. The minimum absolute atomic E-state index is 0.0527. The minimum atomic E-state index is -1.19. The van der Waals surface area contributed by atoms with E-state index in [4.69, 9.17) is 15.3 Å². The predicted molar refractivity (Wildman–Crippen MR) is 74.8 cm³/mol. The second kappa shape index (κ2) is 6.67.